The molecule has 0 aliphatic heterocycles. The Balaban J connectivity index is 1.62. The molecule has 0 aromatic heterocycles. The number of allylic oxidation sites excluding steroid dienone is 6. The predicted molar refractivity (Wildman–Crippen MR) is 106 cm³/mol. The zero-order valence-electron chi connectivity index (χ0n) is 15.6. The highest BCUT2D eigenvalue weighted by Crippen LogP contribution is 2.25. The minimum Gasteiger partial charge on any atom is -0.350 e. The second kappa shape index (κ2) is 9.88. The van der Waals surface area contributed by atoms with Gasteiger partial charge < -0.3 is 5.32 Å². The molecular formula is C20H30N2O3S. The van der Waals surface area contributed by atoms with Gasteiger partial charge in [-0.15, -0.1) is 0 Å². The molecule has 6 heteroatoms. The Hall–Kier alpha value is -1.66. The summed E-state index contributed by atoms with van der Waals surface area (Å²) in [5.74, 6) is 0.464. The van der Waals surface area contributed by atoms with Crippen molar-refractivity contribution in [2.45, 2.75) is 57.2 Å². The van der Waals surface area contributed by atoms with Crippen LogP contribution in [0.4, 0.5) is 0 Å². The number of carbonyl (C=O) groups is 1. The fourth-order valence-corrected chi connectivity index (χ4v) is 3.68. The lowest BCUT2D eigenvalue weighted by molar-refractivity contribution is -0.121. The van der Waals surface area contributed by atoms with E-state index in [1.165, 1.54) is 5.57 Å². The van der Waals surface area contributed by atoms with Crippen LogP contribution in [0.2, 0.25) is 0 Å². The molecule has 2 unspecified atom stereocenters. The summed E-state index contributed by atoms with van der Waals surface area (Å²) >= 11 is 0. The molecule has 2 rings (SSSR count). The summed E-state index contributed by atoms with van der Waals surface area (Å²) in [5, 5.41) is 2.60. The van der Waals surface area contributed by atoms with Gasteiger partial charge in [-0.05, 0) is 45.1 Å². The standard InChI is InChI=1S/C20H30N2O3S/c1-16(2)26(24,25)21-15-7-6-10-20(23)22-19-13-11-18(12-14-19)17-8-4-3-5-9-17/h3-5,8,11-13,16-17,19,21H,6-7,9-10,14-15H2,1-2H3,(H,22,23). The fraction of sp³-hybridized carbons (Fsp3) is 0.550. The van der Waals surface area contributed by atoms with Crippen molar-refractivity contribution < 1.29 is 13.2 Å². The highest BCUT2D eigenvalue weighted by molar-refractivity contribution is 7.90. The number of sulfonamides is 1. The van der Waals surface area contributed by atoms with E-state index in [1.54, 1.807) is 13.8 Å². The second-order valence-corrected chi connectivity index (χ2v) is 9.39. The summed E-state index contributed by atoms with van der Waals surface area (Å²) in [4.78, 5) is 12.0. The number of unbranched alkanes of at least 4 members (excludes halogenated alkanes) is 1. The van der Waals surface area contributed by atoms with Crippen LogP contribution in [0.5, 0.6) is 0 Å². The molecule has 0 fully saturated rings. The zero-order valence-corrected chi connectivity index (χ0v) is 16.5. The van der Waals surface area contributed by atoms with E-state index < -0.39 is 15.3 Å². The molecular weight excluding hydrogens is 348 g/mol. The van der Waals surface area contributed by atoms with Gasteiger partial charge in [-0.25, -0.2) is 13.1 Å². The first-order chi connectivity index (χ1) is 12.4. The highest BCUT2D eigenvalue weighted by Gasteiger charge is 2.16. The molecule has 2 N–H and O–H groups in total. The summed E-state index contributed by atoms with van der Waals surface area (Å²) < 4.78 is 25.8. The number of amides is 1. The first-order valence-corrected chi connectivity index (χ1v) is 10.9. The molecule has 2 atom stereocenters. The maximum atomic E-state index is 12.0. The lowest BCUT2D eigenvalue weighted by Gasteiger charge is -2.22. The number of rotatable bonds is 9. The number of hydrogen-bond donors (Lipinski definition) is 2. The van der Waals surface area contributed by atoms with Gasteiger partial charge in [0.15, 0.2) is 0 Å². The average Bonchev–Trinajstić information content (AvgIpc) is 2.62. The van der Waals surface area contributed by atoms with Gasteiger partial charge in [-0.3, -0.25) is 4.79 Å². The molecule has 5 nitrogen and oxygen atoms in total. The van der Waals surface area contributed by atoms with E-state index in [0.29, 0.717) is 31.7 Å². The van der Waals surface area contributed by atoms with E-state index in [-0.39, 0.29) is 11.9 Å². The quantitative estimate of drug-likeness (QED) is 0.606. The van der Waals surface area contributed by atoms with Crippen molar-refractivity contribution >= 4 is 15.9 Å². The van der Waals surface area contributed by atoms with E-state index in [0.717, 1.165) is 12.8 Å². The molecule has 0 heterocycles. The van der Waals surface area contributed by atoms with Crippen LogP contribution in [-0.4, -0.2) is 32.2 Å². The summed E-state index contributed by atoms with van der Waals surface area (Å²) in [7, 11) is -3.21. The molecule has 0 radical (unpaired) electrons. The Morgan fingerprint density at radius 1 is 1.19 bits per heavy atom. The summed E-state index contributed by atoms with van der Waals surface area (Å²) in [6, 6.07) is 0.0498. The summed E-state index contributed by atoms with van der Waals surface area (Å²) in [6.45, 7) is 3.68. The van der Waals surface area contributed by atoms with Crippen molar-refractivity contribution in [2.24, 2.45) is 5.92 Å². The van der Waals surface area contributed by atoms with Gasteiger partial charge >= 0.3 is 0 Å². The van der Waals surface area contributed by atoms with Gasteiger partial charge in [0.2, 0.25) is 15.9 Å². The van der Waals surface area contributed by atoms with Crippen molar-refractivity contribution in [1.29, 1.82) is 0 Å². The Labute approximate surface area is 157 Å². The van der Waals surface area contributed by atoms with Crippen molar-refractivity contribution in [1.82, 2.24) is 10.0 Å². The number of hydrogen-bond acceptors (Lipinski definition) is 3. The first-order valence-electron chi connectivity index (χ1n) is 9.38. The van der Waals surface area contributed by atoms with Gasteiger partial charge in [-0.1, -0.05) is 42.5 Å². The smallest absolute Gasteiger partial charge is 0.220 e. The van der Waals surface area contributed by atoms with Gasteiger partial charge in [-0.2, -0.15) is 0 Å². The average molecular weight is 379 g/mol. The van der Waals surface area contributed by atoms with Crippen LogP contribution in [0.25, 0.3) is 0 Å². The molecule has 2 aliphatic rings. The lowest BCUT2D eigenvalue weighted by Crippen LogP contribution is -2.34. The predicted octanol–water partition coefficient (Wildman–Crippen LogP) is 2.99. The van der Waals surface area contributed by atoms with Crippen LogP contribution >= 0.6 is 0 Å². The van der Waals surface area contributed by atoms with Crippen LogP contribution in [0.15, 0.2) is 48.1 Å². The molecule has 1 amide bonds. The monoisotopic (exact) mass is 378 g/mol. The summed E-state index contributed by atoms with van der Waals surface area (Å²) in [5.41, 5.74) is 1.31. The van der Waals surface area contributed by atoms with Crippen molar-refractivity contribution in [3.8, 4) is 0 Å². The second-order valence-electron chi connectivity index (χ2n) is 7.07. The molecule has 0 aromatic carbocycles. The molecule has 0 aromatic rings. The lowest BCUT2D eigenvalue weighted by atomic mass is 9.88. The van der Waals surface area contributed by atoms with Gasteiger partial charge in [0.25, 0.3) is 0 Å². The van der Waals surface area contributed by atoms with Gasteiger partial charge in [0.1, 0.15) is 0 Å². The Morgan fingerprint density at radius 2 is 2.00 bits per heavy atom. The van der Waals surface area contributed by atoms with E-state index in [4.69, 9.17) is 0 Å². The largest absolute Gasteiger partial charge is 0.350 e. The van der Waals surface area contributed by atoms with Crippen LogP contribution in [0, 0.1) is 5.92 Å². The Bertz CT molecular complexity index is 703. The minimum atomic E-state index is -3.21. The molecule has 0 saturated carbocycles. The third-order valence-corrected chi connectivity index (χ3v) is 6.49. The topological polar surface area (TPSA) is 75.3 Å². The maximum Gasteiger partial charge on any atom is 0.220 e. The molecule has 26 heavy (non-hydrogen) atoms. The van der Waals surface area contributed by atoms with E-state index in [9.17, 15) is 13.2 Å². The first kappa shape index (κ1) is 20.6. The third-order valence-electron chi connectivity index (χ3n) is 4.64. The molecule has 0 bridgehead atoms. The third kappa shape index (κ3) is 6.57. The molecule has 144 valence electrons. The Morgan fingerprint density at radius 3 is 2.62 bits per heavy atom. The van der Waals surface area contributed by atoms with Crippen molar-refractivity contribution in [3.63, 3.8) is 0 Å². The minimum absolute atomic E-state index is 0.0173. The molecule has 0 spiro atoms. The molecule has 2 aliphatic carbocycles. The van der Waals surface area contributed by atoms with E-state index in [1.807, 2.05) is 0 Å². The van der Waals surface area contributed by atoms with Gasteiger partial charge in [0.05, 0.1) is 11.3 Å². The number of carbonyl (C=O) groups excluding carboxylic acids is 1. The van der Waals surface area contributed by atoms with Crippen LogP contribution in [0.3, 0.4) is 0 Å². The molecule has 0 saturated heterocycles. The van der Waals surface area contributed by atoms with E-state index >= 15 is 0 Å². The normalized spacial score (nSPS) is 22.5. The van der Waals surface area contributed by atoms with E-state index in [2.05, 4.69) is 52.6 Å². The number of nitrogens with one attached hydrogen (secondary N) is 2. The highest BCUT2D eigenvalue weighted by atomic mass is 32.2. The maximum absolute atomic E-state index is 12.0. The summed E-state index contributed by atoms with van der Waals surface area (Å²) in [6.07, 6.45) is 18.5. The fourth-order valence-electron chi connectivity index (χ4n) is 2.92. The SMILES string of the molecule is CC(C)S(=O)(=O)NCCCCC(=O)NC1C=CC(C2C=CC=CC2)=CC1. The zero-order chi connectivity index (χ0) is 19.0. The van der Waals surface area contributed by atoms with Crippen molar-refractivity contribution in [3.05, 3.63) is 48.1 Å². The van der Waals surface area contributed by atoms with Gasteiger partial charge in [0, 0.05) is 18.9 Å². The Kier molecular flexibility index (Phi) is 7.85. The van der Waals surface area contributed by atoms with Crippen LogP contribution < -0.4 is 10.0 Å². The van der Waals surface area contributed by atoms with Crippen LogP contribution in [-0.2, 0) is 14.8 Å². The van der Waals surface area contributed by atoms with Crippen molar-refractivity contribution in [2.75, 3.05) is 6.54 Å². The van der Waals surface area contributed by atoms with Crippen LogP contribution in [0.1, 0.15) is 46.0 Å².